The van der Waals surface area contributed by atoms with Crippen molar-refractivity contribution in [1.82, 2.24) is 25.5 Å². The summed E-state index contributed by atoms with van der Waals surface area (Å²) in [5.41, 5.74) is 2.06. The van der Waals surface area contributed by atoms with Gasteiger partial charge in [-0.3, -0.25) is 4.79 Å². The van der Waals surface area contributed by atoms with Crippen LogP contribution in [-0.4, -0.2) is 38.2 Å². The Bertz CT molecular complexity index is 976. The number of carbonyl (C=O) groups excluding carboxylic acids is 1. The zero-order valence-corrected chi connectivity index (χ0v) is 16.0. The Balaban J connectivity index is 1.57. The second-order valence-electron chi connectivity index (χ2n) is 5.93. The first kappa shape index (κ1) is 20.6. The molecule has 29 heavy (non-hydrogen) atoms. The van der Waals surface area contributed by atoms with E-state index >= 15 is 0 Å². The summed E-state index contributed by atoms with van der Waals surface area (Å²) >= 11 is 1.11. The molecule has 0 atom stereocenters. The molecule has 1 heterocycles. The number of alkyl halides is 3. The largest absolute Gasteiger partial charge is 0.573 e. The molecule has 0 spiro atoms. The molecule has 0 unspecified atom stereocenters. The van der Waals surface area contributed by atoms with Gasteiger partial charge in [-0.05, 0) is 35.5 Å². The molecule has 0 bridgehead atoms. The van der Waals surface area contributed by atoms with Gasteiger partial charge in [0.25, 0.3) is 0 Å². The Morgan fingerprint density at radius 2 is 1.90 bits per heavy atom. The fourth-order valence-corrected chi connectivity index (χ4v) is 3.09. The highest BCUT2D eigenvalue weighted by Gasteiger charge is 2.32. The van der Waals surface area contributed by atoms with Crippen molar-refractivity contribution >= 4 is 17.7 Å². The number of tetrazole rings is 1. The minimum absolute atomic E-state index is 0.00543. The van der Waals surface area contributed by atoms with Crippen LogP contribution in [0.25, 0.3) is 5.69 Å². The van der Waals surface area contributed by atoms with Gasteiger partial charge in [0.05, 0.1) is 11.4 Å². The maximum atomic E-state index is 12.5. The number of aryl methyl sites for hydroxylation is 1. The molecule has 1 aromatic heterocycles. The van der Waals surface area contributed by atoms with E-state index in [0.29, 0.717) is 5.16 Å². The maximum Gasteiger partial charge on any atom is 0.573 e. The number of rotatable bonds is 7. The van der Waals surface area contributed by atoms with E-state index in [0.717, 1.165) is 23.0 Å². The van der Waals surface area contributed by atoms with Crippen LogP contribution in [0.2, 0.25) is 0 Å². The molecule has 7 nitrogen and oxygen atoms in total. The van der Waals surface area contributed by atoms with Crippen molar-refractivity contribution in [2.45, 2.75) is 25.0 Å². The smallest absolute Gasteiger partial charge is 0.405 e. The molecule has 0 aliphatic heterocycles. The van der Waals surface area contributed by atoms with Crippen LogP contribution in [-0.2, 0) is 11.3 Å². The lowest BCUT2D eigenvalue weighted by molar-refractivity contribution is -0.274. The van der Waals surface area contributed by atoms with Crippen molar-refractivity contribution in [3.05, 3.63) is 59.7 Å². The number of halogens is 3. The second-order valence-corrected chi connectivity index (χ2v) is 6.87. The van der Waals surface area contributed by atoms with Gasteiger partial charge >= 0.3 is 6.36 Å². The lowest BCUT2D eigenvalue weighted by Crippen LogP contribution is -2.26. The number of hydrogen-bond donors (Lipinski definition) is 1. The van der Waals surface area contributed by atoms with E-state index in [1.807, 2.05) is 31.2 Å². The van der Waals surface area contributed by atoms with E-state index in [4.69, 9.17) is 0 Å². The summed E-state index contributed by atoms with van der Waals surface area (Å²) in [6.07, 6.45) is -4.80. The van der Waals surface area contributed by atoms with Crippen molar-refractivity contribution in [2.75, 3.05) is 5.75 Å². The van der Waals surface area contributed by atoms with Gasteiger partial charge in [-0.15, -0.1) is 18.3 Å². The summed E-state index contributed by atoms with van der Waals surface area (Å²) in [5.74, 6) is -0.735. The van der Waals surface area contributed by atoms with Crippen LogP contribution >= 0.6 is 11.8 Å². The van der Waals surface area contributed by atoms with Crippen molar-refractivity contribution < 1.29 is 22.7 Å². The van der Waals surface area contributed by atoms with E-state index in [1.165, 1.54) is 22.9 Å². The van der Waals surface area contributed by atoms with Crippen molar-refractivity contribution in [2.24, 2.45) is 0 Å². The molecule has 0 saturated heterocycles. The highest BCUT2D eigenvalue weighted by Crippen LogP contribution is 2.26. The van der Waals surface area contributed by atoms with Gasteiger partial charge < -0.3 is 10.1 Å². The molecule has 0 aliphatic rings. The van der Waals surface area contributed by atoms with E-state index in [-0.39, 0.29) is 29.5 Å². The Morgan fingerprint density at radius 3 is 2.62 bits per heavy atom. The minimum Gasteiger partial charge on any atom is -0.405 e. The van der Waals surface area contributed by atoms with Gasteiger partial charge in [-0.1, -0.05) is 47.7 Å². The van der Waals surface area contributed by atoms with Crippen LogP contribution in [0, 0.1) is 6.92 Å². The van der Waals surface area contributed by atoms with Crippen LogP contribution in [0.15, 0.2) is 53.7 Å². The van der Waals surface area contributed by atoms with E-state index < -0.39 is 6.36 Å². The number of aromatic nitrogens is 4. The predicted octanol–water partition coefficient (Wildman–Crippen LogP) is 3.28. The number of para-hydroxylation sites is 1. The lowest BCUT2D eigenvalue weighted by Gasteiger charge is -2.13. The van der Waals surface area contributed by atoms with Crippen molar-refractivity contribution in [3.8, 4) is 11.4 Å². The standard InChI is InChI=1S/C18H16F3N5O2S/c1-12-6-8-14(9-7-12)26-17(23-24-25-26)29-11-16(27)22-10-13-4-2-3-5-15(13)28-18(19,20)21/h2-9H,10-11H2,1H3,(H,22,27). The highest BCUT2D eigenvalue weighted by molar-refractivity contribution is 7.99. The van der Waals surface area contributed by atoms with Gasteiger partial charge in [-0.25, -0.2) is 0 Å². The van der Waals surface area contributed by atoms with Gasteiger partial charge in [-0.2, -0.15) is 4.68 Å². The van der Waals surface area contributed by atoms with E-state index in [9.17, 15) is 18.0 Å². The average Bonchev–Trinajstić information content (AvgIpc) is 3.13. The maximum absolute atomic E-state index is 12.5. The molecule has 1 N–H and O–H groups in total. The zero-order valence-electron chi connectivity index (χ0n) is 15.2. The summed E-state index contributed by atoms with van der Waals surface area (Å²) in [6.45, 7) is 1.86. The highest BCUT2D eigenvalue weighted by atomic mass is 32.2. The predicted molar refractivity (Wildman–Crippen MR) is 99.6 cm³/mol. The number of hydrogen-bond acceptors (Lipinski definition) is 6. The monoisotopic (exact) mass is 423 g/mol. The Kier molecular flexibility index (Phi) is 6.37. The molecule has 1 amide bonds. The van der Waals surface area contributed by atoms with Gasteiger partial charge in [0.15, 0.2) is 0 Å². The number of amides is 1. The minimum atomic E-state index is -4.80. The molecule has 2 aromatic carbocycles. The Hall–Kier alpha value is -3.08. The summed E-state index contributed by atoms with van der Waals surface area (Å²) in [4.78, 5) is 12.1. The normalized spacial score (nSPS) is 11.3. The molecule has 0 saturated carbocycles. The van der Waals surface area contributed by atoms with Crippen molar-refractivity contribution in [1.29, 1.82) is 0 Å². The topological polar surface area (TPSA) is 81.9 Å². The summed E-state index contributed by atoms with van der Waals surface area (Å²) in [6, 6.07) is 13.2. The SMILES string of the molecule is Cc1ccc(-n2nnnc2SCC(=O)NCc2ccccc2OC(F)(F)F)cc1. The molecule has 0 aliphatic carbocycles. The van der Waals surface area contributed by atoms with Crippen LogP contribution < -0.4 is 10.1 Å². The fraction of sp³-hybridized carbons (Fsp3) is 0.222. The first-order valence-corrected chi connectivity index (χ1v) is 9.39. The Morgan fingerprint density at radius 1 is 1.17 bits per heavy atom. The van der Waals surface area contributed by atoms with E-state index in [2.05, 4.69) is 25.6 Å². The molecular formula is C18H16F3N5O2S. The molecule has 0 fully saturated rings. The molecule has 11 heteroatoms. The Labute approximate surface area is 168 Å². The number of thioether (sulfide) groups is 1. The number of ether oxygens (including phenoxy) is 1. The number of benzene rings is 2. The van der Waals surface area contributed by atoms with Gasteiger partial charge in [0, 0.05) is 12.1 Å². The van der Waals surface area contributed by atoms with Crippen LogP contribution in [0.4, 0.5) is 13.2 Å². The number of nitrogens with one attached hydrogen (secondary N) is 1. The molecule has 3 aromatic rings. The van der Waals surface area contributed by atoms with E-state index in [1.54, 1.807) is 6.07 Å². The summed E-state index contributed by atoms with van der Waals surface area (Å²) < 4.78 is 42.9. The van der Waals surface area contributed by atoms with Gasteiger partial charge in [0.2, 0.25) is 11.1 Å². The average molecular weight is 423 g/mol. The first-order valence-electron chi connectivity index (χ1n) is 8.40. The third-order valence-electron chi connectivity index (χ3n) is 3.73. The van der Waals surface area contributed by atoms with Crippen LogP contribution in [0.3, 0.4) is 0 Å². The fourth-order valence-electron chi connectivity index (χ4n) is 2.37. The third kappa shape index (κ3) is 5.95. The summed E-state index contributed by atoms with van der Waals surface area (Å²) in [5, 5.41) is 14.4. The number of nitrogens with zero attached hydrogens (tertiary/aromatic N) is 4. The number of carbonyl (C=O) groups is 1. The zero-order chi connectivity index (χ0) is 20.9. The summed E-state index contributed by atoms with van der Waals surface area (Å²) in [7, 11) is 0. The molecule has 0 radical (unpaired) electrons. The van der Waals surface area contributed by atoms with Crippen LogP contribution in [0.1, 0.15) is 11.1 Å². The quantitative estimate of drug-likeness (QED) is 0.588. The second kappa shape index (κ2) is 8.95. The lowest BCUT2D eigenvalue weighted by atomic mass is 10.2. The van der Waals surface area contributed by atoms with Gasteiger partial charge in [0.1, 0.15) is 5.75 Å². The third-order valence-corrected chi connectivity index (χ3v) is 4.65. The molecule has 152 valence electrons. The molecular weight excluding hydrogens is 407 g/mol. The molecule has 3 rings (SSSR count). The van der Waals surface area contributed by atoms with Crippen LogP contribution in [0.5, 0.6) is 5.75 Å². The van der Waals surface area contributed by atoms with Crippen molar-refractivity contribution in [3.63, 3.8) is 0 Å². The first-order chi connectivity index (χ1) is 13.8.